The average Bonchev–Trinajstić information content (AvgIpc) is 2.71. The van der Waals surface area contributed by atoms with E-state index in [1.165, 1.54) is 0 Å². The zero-order valence-corrected chi connectivity index (χ0v) is 13.1. The molecule has 1 aliphatic rings. The number of amides is 1. The molecule has 0 unspecified atom stereocenters. The Morgan fingerprint density at radius 1 is 1.23 bits per heavy atom. The van der Waals surface area contributed by atoms with Crippen LogP contribution in [0.15, 0.2) is 24.3 Å². The van der Waals surface area contributed by atoms with Gasteiger partial charge < -0.3 is 14.7 Å². The third-order valence-corrected chi connectivity index (χ3v) is 4.09. The van der Waals surface area contributed by atoms with E-state index in [4.69, 9.17) is 21.4 Å². The number of hydrogen-bond donors (Lipinski definition) is 1. The summed E-state index contributed by atoms with van der Waals surface area (Å²) < 4.78 is 5.46. The van der Waals surface area contributed by atoms with Crippen LogP contribution in [0.25, 0.3) is 0 Å². The number of carbonyl (C=O) groups excluding carboxylic acids is 1. The van der Waals surface area contributed by atoms with Gasteiger partial charge in [0.25, 0.3) is 5.91 Å². The number of carboxylic acids is 1. The molecule has 0 bridgehead atoms. The normalized spacial score (nSPS) is 18.6. The van der Waals surface area contributed by atoms with Crippen molar-refractivity contribution in [1.82, 2.24) is 4.90 Å². The van der Waals surface area contributed by atoms with Crippen LogP contribution in [0.5, 0.6) is 5.75 Å². The molecule has 1 atom stereocenters. The van der Waals surface area contributed by atoms with Gasteiger partial charge in [0.15, 0.2) is 6.61 Å². The minimum atomic E-state index is -0.768. The summed E-state index contributed by atoms with van der Waals surface area (Å²) in [6, 6.07) is 6.87. The van der Waals surface area contributed by atoms with E-state index in [2.05, 4.69) is 0 Å². The maximum Gasteiger partial charge on any atom is 0.303 e. The van der Waals surface area contributed by atoms with Crippen LogP contribution < -0.4 is 4.74 Å². The Kier molecular flexibility index (Phi) is 6.07. The summed E-state index contributed by atoms with van der Waals surface area (Å²) in [5, 5.41) is 9.47. The lowest BCUT2D eigenvalue weighted by Crippen LogP contribution is -2.35. The van der Waals surface area contributed by atoms with Gasteiger partial charge in [0.05, 0.1) is 0 Å². The number of halogens is 1. The zero-order valence-electron chi connectivity index (χ0n) is 12.3. The predicted molar refractivity (Wildman–Crippen MR) is 83.1 cm³/mol. The summed E-state index contributed by atoms with van der Waals surface area (Å²) in [4.78, 5) is 24.7. The van der Waals surface area contributed by atoms with E-state index in [0.717, 1.165) is 19.3 Å². The molecule has 0 radical (unpaired) electrons. The van der Waals surface area contributed by atoms with E-state index in [1.54, 1.807) is 29.2 Å². The Bertz CT molecular complexity index is 517. The van der Waals surface area contributed by atoms with Gasteiger partial charge in [-0.1, -0.05) is 11.6 Å². The number of hydrogen-bond acceptors (Lipinski definition) is 3. The Labute approximate surface area is 134 Å². The van der Waals surface area contributed by atoms with Crippen molar-refractivity contribution < 1.29 is 19.4 Å². The molecule has 1 aromatic carbocycles. The monoisotopic (exact) mass is 325 g/mol. The number of rotatable bonds is 5. The van der Waals surface area contributed by atoms with Crippen molar-refractivity contribution in [3.05, 3.63) is 29.3 Å². The summed E-state index contributed by atoms with van der Waals surface area (Å²) in [5.74, 6) is -0.0643. The van der Waals surface area contributed by atoms with Crippen LogP contribution in [0.3, 0.4) is 0 Å². The van der Waals surface area contributed by atoms with Crippen molar-refractivity contribution in [3.63, 3.8) is 0 Å². The van der Waals surface area contributed by atoms with E-state index in [1.807, 2.05) is 0 Å². The van der Waals surface area contributed by atoms with Crippen molar-refractivity contribution in [3.8, 4) is 5.75 Å². The lowest BCUT2D eigenvalue weighted by atomic mass is 9.97. The fourth-order valence-corrected chi connectivity index (χ4v) is 2.76. The highest BCUT2D eigenvalue weighted by Gasteiger charge is 2.22. The van der Waals surface area contributed by atoms with Crippen LogP contribution in [-0.4, -0.2) is 41.6 Å². The van der Waals surface area contributed by atoms with Crippen LogP contribution in [0, 0.1) is 5.92 Å². The second-order valence-electron chi connectivity index (χ2n) is 5.52. The van der Waals surface area contributed by atoms with Crippen LogP contribution in [-0.2, 0) is 9.59 Å². The summed E-state index contributed by atoms with van der Waals surface area (Å²) in [6.45, 7) is 1.25. The molecule has 0 saturated carbocycles. The average molecular weight is 326 g/mol. The minimum absolute atomic E-state index is 0.00870. The highest BCUT2D eigenvalue weighted by atomic mass is 35.5. The molecular formula is C16H20ClNO4. The number of aliphatic carboxylic acids is 1. The molecule has 6 heteroatoms. The van der Waals surface area contributed by atoms with E-state index >= 15 is 0 Å². The number of carboxylic acid groups (broad SMARTS) is 1. The molecule has 2 rings (SSSR count). The van der Waals surface area contributed by atoms with E-state index in [9.17, 15) is 9.59 Å². The molecule has 120 valence electrons. The Morgan fingerprint density at radius 2 is 1.95 bits per heavy atom. The summed E-state index contributed by atoms with van der Waals surface area (Å²) >= 11 is 5.79. The van der Waals surface area contributed by atoms with E-state index in [-0.39, 0.29) is 24.9 Å². The quantitative estimate of drug-likeness (QED) is 0.904. The predicted octanol–water partition coefficient (Wildman–Crippen LogP) is 2.82. The first-order valence-electron chi connectivity index (χ1n) is 7.42. The SMILES string of the molecule is O=C(O)C[C@H]1CCCN(C(=O)COc2ccc(Cl)cc2)CC1. The maximum absolute atomic E-state index is 12.2. The molecule has 1 aliphatic heterocycles. The highest BCUT2D eigenvalue weighted by Crippen LogP contribution is 2.21. The molecule has 1 N–H and O–H groups in total. The van der Waals surface area contributed by atoms with Gasteiger partial charge in [-0.05, 0) is 49.4 Å². The first-order valence-corrected chi connectivity index (χ1v) is 7.80. The molecule has 0 spiro atoms. The first-order chi connectivity index (χ1) is 10.5. The van der Waals surface area contributed by atoms with E-state index < -0.39 is 5.97 Å². The lowest BCUT2D eigenvalue weighted by molar-refractivity contribution is -0.138. The first kappa shape index (κ1) is 16.6. The minimum Gasteiger partial charge on any atom is -0.484 e. The van der Waals surface area contributed by atoms with Gasteiger partial charge in [-0.25, -0.2) is 0 Å². The fraction of sp³-hybridized carbons (Fsp3) is 0.500. The Balaban J connectivity index is 1.79. The van der Waals surface area contributed by atoms with Crippen molar-refractivity contribution in [2.45, 2.75) is 25.7 Å². The number of nitrogens with zero attached hydrogens (tertiary/aromatic N) is 1. The van der Waals surface area contributed by atoms with Crippen LogP contribution in [0.2, 0.25) is 5.02 Å². The molecule has 1 heterocycles. The fourth-order valence-electron chi connectivity index (χ4n) is 2.63. The van der Waals surface area contributed by atoms with E-state index in [0.29, 0.717) is 23.9 Å². The van der Waals surface area contributed by atoms with Gasteiger partial charge in [0.2, 0.25) is 0 Å². The second kappa shape index (κ2) is 8.03. The summed E-state index contributed by atoms with van der Waals surface area (Å²) in [5.41, 5.74) is 0. The molecule has 0 aliphatic carbocycles. The van der Waals surface area contributed by atoms with Gasteiger partial charge in [0.1, 0.15) is 5.75 Å². The van der Waals surface area contributed by atoms with Crippen molar-refractivity contribution in [1.29, 1.82) is 0 Å². The standard InChI is InChI=1S/C16H20ClNO4/c17-13-3-5-14(6-4-13)22-11-15(19)18-8-1-2-12(7-9-18)10-16(20)21/h3-6,12H,1-2,7-11H2,(H,20,21)/t12-/m0/s1. The van der Waals surface area contributed by atoms with Gasteiger partial charge >= 0.3 is 5.97 Å². The molecule has 1 saturated heterocycles. The van der Waals surface area contributed by atoms with Crippen LogP contribution >= 0.6 is 11.6 Å². The van der Waals surface area contributed by atoms with Gasteiger partial charge in [-0.2, -0.15) is 0 Å². The second-order valence-corrected chi connectivity index (χ2v) is 5.95. The smallest absolute Gasteiger partial charge is 0.303 e. The number of carbonyl (C=O) groups is 2. The Morgan fingerprint density at radius 3 is 2.64 bits per heavy atom. The molecule has 5 nitrogen and oxygen atoms in total. The maximum atomic E-state index is 12.2. The number of likely N-dealkylation sites (tertiary alicyclic amines) is 1. The molecule has 22 heavy (non-hydrogen) atoms. The molecule has 0 aromatic heterocycles. The zero-order chi connectivity index (χ0) is 15.9. The molecular weight excluding hydrogens is 306 g/mol. The van der Waals surface area contributed by atoms with Crippen LogP contribution in [0.1, 0.15) is 25.7 Å². The van der Waals surface area contributed by atoms with Gasteiger partial charge in [-0.3, -0.25) is 9.59 Å². The van der Waals surface area contributed by atoms with Gasteiger partial charge in [-0.15, -0.1) is 0 Å². The van der Waals surface area contributed by atoms with Crippen molar-refractivity contribution >= 4 is 23.5 Å². The number of benzene rings is 1. The highest BCUT2D eigenvalue weighted by molar-refractivity contribution is 6.30. The largest absolute Gasteiger partial charge is 0.484 e. The van der Waals surface area contributed by atoms with Crippen molar-refractivity contribution in [2.75, 3.05) is 19.7 Å². The molecule has 1 fully saturated rings. The van der Waals surface area contributed by atoms with Crippen LogP contribution in [0.4, 0.5) is 0 Å². The summed E-state index contributed by atoms with van der Waals surface area (Å²) in [7, 11) is 0. The summed E-state index contributed by atoms with van der Waals surface area (Å²) in [6.07, 6.45) is 2.61. The molecule has 1 aromatic rings. The van der Waals surface area contributed by atoms with Crippen molar-refractivity contribution in [2.24, 2.45) is 5.92 Å². The number of ether oxygens (including phenoxy) is 1. The topological polar surface area (TPSA) is 66.8 Å². The Hall–Kier alpha value is -1.75. The molecule has 1 amide bonds. The third-order valence-electron chi connectivity index (χ3n) is 3.84. The third kappa shape index (κ3) is 5.22. The lowest BCUT2D eigenvalue weighted by Gasteiger charge is -2.20. The van der Waals surface area contributed by atoms with Gasteiger partial charge in [0, 0.05) is 24.5 Å².